The van der Waals surface area contributed by atoms with Crippen molar-refractivity contribution in [2.45, 2.75) is 25.4 Å². The van der Waals surface area contributed by atoms with Gasteiger partial charge in [0.05, 0.1) is 11.1 Å². The van der Waals surface area contributed by atoms with Crippen LogP contribution in [0.15, 0.2) is 121 Å². The molecule has 0 fully saturated rings. The average Bonchev–Trinajstić information content (AvgIpc) is 3.60. The van der Waals surface area contributed by atoms with Crippen LogP contribution in [0.4, 0.5) is 26.3 Å². The van der Waals surface area contributed by atoms with Crippen molar-refractivity contribution < 1.29 is 62.8 Å². The second-order valence-electron chi connectivity index (χ2n) is 7.78. The molecule has 0 aliphatic carbocycles. The number of hydrogen-bond donors (Lipinski definition) is 2. The number of rotatable bonds is 0. The van der Waals surface area contributed by atoms with Gasteiger partial charge in [-0.05, 0) is 48.5 Å². The summed E-state index contributed by atoms with van der Waals surface area (Å²) >= 11 is 0. The Morgan fingerprint density at radius 3 is 1.30 bits per heavy atom. The second kappa shape index (κ2) is 19.1. The normalized spacial score (nSPS) is 10.1. The summed E-state index contributed by atoms with van der Waals surface area (Å²) in [5.74, 6) is -0.337. The number of aromatic hydroxyl groups is 2. The van der Waals surface area contributed by atoms with E-state index in [1.54, 1.807) is 0 Å². The molecule has 0 aliphatic heterocycles. The molecule has 10 heteroatoms. The van der Waals surface area contributed by atoms with Gasteiger partial charge in [0.2, 0.25) is 0 Å². The fraction of sp³-hybridized carbons (Fsp3) is 0.133. The molecule has 5 aromatic rings. The molecule has 40 heavy (non-hydrogen) atoms. The van der Waals surface area contributed by atoms with Crippen LogP contribution >= 0.6 is 0 Å². The summed E-state index contributed by atoms with van der Waals surface area (Å²) in [6, 6.07) is 32.0. The van der Waals surface area contributed by atoms with E-state index in [1.807, 2.05) is 30.3 Å². The summed E-state index contributed by atoms with van der Waals surface area (Å²) in [7, 11) is 0.750. The number of phenolic OH excluding ortho intramolecular Hbond substituents is 2. The van der Waals surface area contributed by atoms with Gasteiger partial charge in [0.25, 0.3) is 0 Å². The quantitative estimate of drug-likeness (QED) is 0.0993. The minimum Gasteiger partial charge on any atom is -0.508 e. The van der Waals surface area contributed by atoms with Gasteiger partial charge < -0.3 is 10.2 Å². The largest absolute Gasteiger partial charge is 2.00 e. The van der Waals surface area contributed by atoms with Crippen LogP contribution < -0.4 is 0 Å². The zero-order chi connectivity index (χ0) is 29.3. The van der Waals surface area contributed by atoms with Gasteiger partial charge in [-0.3, -0.25) is 0 Å². The molecule has 0 aromatic heterocycles. The maximum absolute atomic E-state index is 11.8. The van der Waals surface area contributed by atoms with Crippen LogP contribution in [0, 0.1) is 0 Å². The molecule has 5 rings (SSSR count). The van der Waals surface area contributed by atoms with Gasteiger partial charge in [0.1, 0.15) is 11.5 Å². The van der Waals surface area contributed by atoms with E-state index in [-0.39, 0.29) is 37.7 Å². The molecular weight excluding hydrogens is 626 g/mol. The minimum atomic E-state index is -4.33. The van der Waals surface area contributed by atoms with Crippen molar-refractivity contribution in [3.63, 3.8) is 0 Å². The maximum atomic E-state index is 11.8. The van der Waals surface area contributed by atoms with Crippen LogP contribution in [0.1, 0.15) is 11.1 Å². The first-order valence-electron chi connectivity index (χ1n) is 11.6. The van der Waals surface area contributed by atoms with E-state index in [0.29, 0.717) is 0 Å². The summed E-state index contributed by atoms with van der Waals surface area (Å²) in [5.41, 5.74) is -1.51. The average molecular weight is 655 g/mol. The predicted molar refractivity (Wildman–Crippen MR) is 147 cm³/mol. The van der Waals surface area contributed by atoms with Crippen molar-refractivity contribution in [3.05, 3.63) is 132 Å². The number of fused-ring (bicyclic) bond motifs is 1. The van der Waals surface area contributed by atoms with Gasteiger partial charge in [-0.2, -0.15) is 62.1 Å². The number of benzene rings is 3. The Balaban J connectivity index is 0.000000498. The first-order chi connectivity index (χ1) is 18.4. The molecule has 0 saturated heterocycles. The van der Waals surface area contributed by atoms with Gasteiger partial charge in [-0.15, -0.1) is 29.7 Å². The van der Waals surface area contributed by atoms with E-state index in [1.165, 1.54) is 10.8 Å². The summed E-state index contributed by atoms with van der Waals surface area (Å²) < 4.78 is 71.0. The smallest absolute Gasteiger partial charge is 0.508 e. The van der Waals surface area contributed by atoms with E-state index in [9.17, 15) is 26.3 Å². The first kappa shape index (κ1) is 36.9. The molecular formula is C30H29F6O2SiZr. The van der Waals surface area contributed by atoms with Crippen LogP contribution in [-0.2, 0) is 38.6 Å². The summed E-state index contributed by atoms with van der Waals surface area (Å²) in [6.07, 6.45) is -8.65. The van der Waals surface area contributed by atoms with E-state index < -0.39 is 23.5 Å². The number of hydrogen-bond acceptors (Lipinski definition) is 2. The van der Waals surface area contributed by atoms with Gasteiger partial charge in [0, 0.05) is 9.52 Å². The zero-order valence-corrected chi connectivity index (χ0v) is 25.4. The van der Waals surface area contributed by atoms with E-state index in [4.69, 9.17) is 10.2 Å². The second-order valence-corrected chi connectivity index (χ2v) is 8.94. The zero-order valence-electron chi connectivity index (χ0n) is 21.8. The van der Waals surface area contributed by atoms with Crippen LogP contribution in [0.5, 0.6) is 11.5 Å². The monoisotopic (exact) mass is 653 g/mol. The summed E-state index contributed by atoms with van der Waals surface area (Å²) in [5, 5.41) is 20.0. The predicted octanol–water partition coefficient (Wildman–Crippen LogP) is 9.30. The van der Waals surface area contributed by atoms with E-state index in [2.05, 4.69) is 55.6 Å². The Hall–Kier alpha value is -3.10. The molecule has 2 nitrogen and oxygen atoms in total. The Kier molecular flexibility index (Phi) is 17.6. The molecule has 0 saturated carbocycles. The third-order valence-electron chi connectivity index (χ3n) is 4.49. The molecule has 0 bridgehead atoms. The summed E-state index contributed by atoms with van der Waals surface area (Å²) in [4.78, 5) is 0. The maximum Gasteiger partial charge on any atom is 2.00 e. The molecule has 0 aliphatic rings. The molecule has 2 N–H and O–H groups in total. The fourth-order valence-electron chi connectivity index (χ4n) is 2.69. The third kappa shape index (κ3) is 15.5. The van der Waals surface area contributed by atoms with Crippen molar-refractivity contribution in [2.75, 3.05) is 0 Å². The molecule has 0 unspecified atom stereocenters. The van der Waals surface area contributed by atoms with Crippen molar-refractivity contribution in [2.24, 2.45) is 0 Å². The first-order valence-corrected chi connectivity index (χ1v) is 13.9. The van der Waals surface area contributed by atoms with Gasteiger partial charge in [-0.25, -0.2) is 12.1 Å². The van der Waals surface area contributed by atoms with Crippen molar-refractivity contribution in [1.29, 1.82) is 0 Å². The molecule has 0 spiro atoms. The molecule has 0 amide bonds. The molecule has 0 heterocycles. The Bertz CT molecular complexity index is 1180. The minimum absolute atomic E-state index is 0. The Morgan fingerprint density at radius 1 is 0.575 bits per heavy atom. The van der Waals surface area contributed by atoms with Crippen molar-refractivity contribution in [3.8, 4) is 11.5 Å². The fourth-order valence-corrected chi connectivity index (χ4v) is 2.69. The van der Waals surface area contributed by atoms with Crippen LogP contribution in [0.25, 0.3) is 10.8 Å². The Morgan fingerprint density at radius 2 is 0.975 bits per heavy atom. The van der Waals surface area contributed by atoms with Gasteiger partial charge >= 0.3 is 38.6 Å². The topological polar surface area (TPSA) is 40.5 Å². The number of phenols is 2. The third-order valence-corrected chi connectivity index (χ3v) is 4.49. The van der Waals surface area contributed by atoms with Crippen molar-refractivity contribution >= 4 is 20.3 Å². The molecule has 0 atom stereocenters. The molecule has 1 radical (unpaired) electrons. The van der Waals surface area contributed by atoms with E-state index >= 15 is 0 Å². The number of halogens is 6. The Labute approximate surface area is 251 Å². The molecule has 5 aromatic carbocycles. The van der Waals surface area contributed by atoms with E-state index in [0.717, 1.165) is 58.1 Å². The van der Waals surface area contributed by atoms with Crippen molar-refractivity contribution in [1.82, 2.24) is 0 Å². The van der Waals surface area contributed by atoms with Crippen LogP contribution in [0.2, 0.25) is 13.1 Å². The van der Waals surface area contributed by atoms with Gasteiger partial charge in [0.15, 0.2) is 0 Å². The standard InChI is InChI=1S/C9H7.2C7H5F3O.C5H5.C2H7Si.Zr/c1-2-5-9-7-3-6-8(9)4-1;2*8-7(9,10)5-1-3-6(11)4-2-5;1-2-4-5-3-1;1-3-2;/h1-7H;2*1-4,11H;1-5H;3H,1-2H3;/q-1;;;-1;;+2. The SMILES string of the molecule is C[SiH]C.Oc1ccc(C(F)(F)F)cc1.Oc1ccc(C(F)(F)F)cc1.[Zr+2].c1cc[cH-]c1.c1ccc2[cH-]ccc2c1. The molecule has 211 valence electrons. The number of alkyl halides is 6. The van der Waals surface area contributed by atoms with Gasteiger partial charge in [-0.1, -0.05) is 19.2 Å². The van der Waals surface area contributed by atoms with Crippen LogP contribution in [0.3, 0.4) is 0 Å². The van der Waals surface area contributed by atoms with Crippen LogP contribution in [-0.4, -0.2) is 19.7 Å². The summed E-state index contributed by atoms with van der Waals surface area (Å²) in [6.45, 7) is 4.42.